The molecule has 0 radical (unpaired) electrons. The van der Waals surface area contributed by atoms with E-state index in [0.29, 0.717) is 5.69 Å². The minimum absolute atomic E-state index is 0.250. The number of carbonyl (C=O) groups is 1. The summed E-state index contributed by atoms with van der Waals surface area (Å²) < 4.78 is 0. The van der Waals surface area contributed by atoms with Crippen LogP contribution in [0.15, 0.2) is 24.4 Å². The van der Waals surface area contributed by atoms with E-state index in [1.807, 2.05) is 6.07 Å². The molecule has 0 aromatic carbocycles. The molecular weight excluding hydrogens is 144 g/mol. The van der Waals surface area contributed by atoms with E-state index >= 15 is 0 Å². The lowest BCUT2D eigenvalue weighted by molar-refractivity contribution is -0.122. The molecule has 4 heteroatoms. The second kappa shape index (κ2) is 6.23. The standard InChI is InChI=1S/C6H4N2.CH2O2/c7-5-6-3-1-2-4-8-6;2-1-3/h1-4H;1H,(H,2,3). The van der Waals surface area contributed by atoms with Crippen molar-refractivity contribution >= 4 is 6.47 Å². The lowest BCUT2D eigenvalue weighted by Crippen LogP contribution is -1.75. The van der Waals surface area contributed by atoms with Crippen LogP contribution in [0.3, 0.4) is 0 Å². The van der Waals surface area contributed by atoms with Crippen molar-refractivity contribution in [3.8, 4) is 6.07 Å². The zero-order valence-electron chi connectivity index (χ0n) is 5.64. The Morgan fingerprint density at radius 2 is 2.27 bits per heavy atom. The molecule has 1 heterocycles. The van der Waals surface area contributed by atoms with Gasteiger partial charge in [-0.1, -0.05) is 6.07 Å². The van der Waals surface area contributed by atoms with Crippen molar-refractivity contribution in [1.82, 2.24) is 4.98 Å². The molecule has 56 valence electrons. The molecule has 0 spiro atoms. The molecule has 4 nitrogen and oxygen atoms in total. The molecule has 0 amide bonds. The smallest absolute Gasteiger partial charge is 0.290 e. The van der Waals surface area contributed by atoms with Gasteiger partial charge in [-0.3, -0.25) is 4.79 Å². The Kier molecular flexibility index (Phi) is 5.16. The normalized spacial score (nSPS) is 6.82. The second-order valence-corrected chi connectivity index (χ2v) is 1.43. The molecule has 0 aliphatic carbocycles. The van der Waals surface area contributed by atoms with Crippen LogP contribution < -0.4 is 0 Å². The van der Waals surface area contributed by atoms with Gasteiger partial charge < -0.3 is 5.11 Å². The first-order chi connectivity index (χ1) is 5.35. The fraction of sp³-hybridized carbons (Fsp3) is 0. The van der Waals surface area contributed by atoms with E-state index in [0.717, 1.165) is 0 Å². The lowest BCUT2D eigenvalue weighted by atomic mass is 10.4. The van der Waals surface area contributed by atoms with E-state index in [1.54, 1.807) is 24.4 Å². The summed E-state index contributed by atoms with van der Waals surface area (Å²) in [5.74, 6) is 0. The van der Waals surface area contributed by atoms with Gasteiger partial charge in [0.05, 0.1) is 0 Å². The zero-order valence-corrected chi connectivity index (χ0v) is 5.64. The van der Waals surface area contributed by atoms with Crippen molar-refractivity contribution in [3.05, 3.63) is 30.1 Å². The van der Waals surface area contributed by atoms with Gasteiger partial charge >= 0.3 is 0 Å². The number of nitriles is 1. The summed E-state index contributed by atoms with van der Waals surface area (Å²) in [6.07, 6.45) is 1.60. The topological polar surface area (TPSA) is 74.0 Å². The third-order valence-corrected chi connectivity index (χ3v) is 0.779. The van der Waals surface area contributed by atoms with E-state index in [4.69, 9.17) is 15.2 Å². The van der Waals surface area contributed by atoms with Crippen LogP contribution in [-0.2, 0) is 4.79 Å². The molecule has 0 aliphatic rings. The maximum Gasteiger partial charge on any atom is 0.290 e. The summed E-state index contributed by atoms with van der Waals surface area (Å²) in [7, 11) is 0. The van der Waals surface area contributed by atoms with Crippen LogP contribution in [0.5, 0.6) is 0 Å². The third-order valence-electron chi connectivity index (χ3n) is 0.779. The van der Waals surface area contributed by atoms with E-state index in [9.17, 15) is 0 Å². The molecule has 0 fully saturated rings. The fourth-order valence-corrected chi connectivity index (χ4v) is 0.429. The highest BCUT2D eigenvalue weighted by atomic mass is 16.3. The fourth-order valence-electron chi connectivity index (χ4n) is 0.429. The van der Waals surface area contributed by atoms with E-state index < -0.39 is 0 Å². The van der Waals surface area contributed by atoms with Crippen LogP contribution in [-0.4, -0.2) is 16.6 Å². The average molecular weight is 150 g/mol. The Bertz CT molecular complexity index is 240. The number of carboxylic acid groups (broad SMARTS) is 1. The van der Waals surface area contributed by atoms with Crippen LogP contribution in [0, 0.1) is 11.3 Å². The molecule has 0 unspecified atom stereocenters. The van der Waals surface area contributed by atoms with Crippen LogP contribution in [0.25, 0.3) is 0 Å². The van der Waals surface area contributed by atoms with Gasteiger partial charge in [-0.25, -0.2) is 4.98 Å². The summed E-state index contributed by atoms with van der Waals surface area (Å²) in [5.41, 5.74) is 0.465. The molecule has 0 atom stereocenters. The van der Waals surface area contributed by atoms with E-state index in [2.05, 4.69) is 4.98 Å². The molecule has 1 rings (SSSR count). The first-order valence-corrected chi connectivity index (χ1v) is 2.74. The van der Waals surface area contributed by atoms with Gasteiger partial charge in [0.15, 0.2) is 0 Å². The summed E-state index contributed by atoms with van der Waals surface area (Å²) in [6, 6.07) is 7.14. The first-order valence-electron chi connectivity index (χ1n) is 2.74. The largest absolute Gasteiger partial charge is 0.483 e. The summed E-state index contributed by atoms with van der Waals surface area (Å²) >= 11 is 0. The molecule has 0 aliphatic heterocycles. The maximum atomic E-state index is 8.36. The molecule has 1 aromatic heterocycles. The minimum atomic E-state index is -0.250. The highest BCUT2D eigenvalue weighted by molar-refractivity contribution is 5.32. The van der Waals surface area contributed by atoms with Crippen molar-refractivity contribution in [3.63, 3.8) is 0 Å². The monoisotopic (exact) mass is 150 g/mol. The Labute approximate surface area is 63.7 Å². The van der Waals surface area contributed by atoms with Gasteiger partial charge in [0.2, 0.25) is 0 Å². The number of rotatable bonds is 0. The number of hydrogen-bond acceptors (Lipinski definition) is 3. The number of aromatic nitrogens is 1. The lowest BCUT2D eigenvalue weighted by Gasteiger charge is -1.79. The Hall–Kier alpha value is -1.89. The van der Waals surface area contributed by atoms with Gasteiger partial charge in [-0.05, 0) is 12.1 Å². The van der Waals surface area contributed by atoms with Gasteiger partial charge in [0.25, 0.3) is 6.47 Å². The van der Waals surface area contributed by atoms with Crippen molar-refractivity contribution in [2.45, 2.75) is 0 Å². The quantitative estimate of drug-likeness (QED) is 0.551. The Morgan fingerprint density at radius 1 is 1.64 bits per heavy atom. The van der Waals surface area contributed by atoms with Crippen LogP contribution in [0.4, 0.5) is 0 Å². The van der Waals surface area contributed by atoms with Gasteiger partial charge in [-0.15, -0.1) is 0 Å². The van der Waals surface area contributed by atoms with E-state index in [1.165, 1.54) is 0 Å². The molecule has 1 N–H and O–H groups in total. The Morgan fingerprint density at radius 3 is 2.55 bits per heavy atom. The predicted octanol–water partition coefficient (Wildman–Crippen LogP) is 0.654. The summed E-state index contributed by atoms with van der Waals surface area (Å²) in [6.45, 7) is -0.250. The molecule has 0 bridgehead atoms. The molecule has 1 aromatic rings. The van der Waals surface area contributed by atoms with Crippen LogP contribution in [0.1, 0.15) is 5.69 Å². The second-order valence-electron chi connectivity index (χ2n) is 1.43. The molecule has 11 heavy (non-hydrogen) atoms. The molecule has 0 saturated carbocycles. The Balaban J connectivity index is 0.000000292. The van der Waals surface area contributed by atoms with Gasteiger partial charge in [-0.2, -0.15) is 5.26 Å². The number of pyridine rings is 1. The van der Waals surface area contributed by atoms with Crippen LogP contribution in [0.2, 0.25) is 0 Å². The maximum absolute atomic E-state index is 8.36. The zero-order chi connectivity index (χ0) is 8.53. The van der Waals surface area contributed by atoms with E-state index in [-0.39, 0.29) is 6.47 Å². The van der Waals surface area contributed by atoms with Crippen LogP contribution >= 0.6 is 0 Å². The van der Waals surface area contributed by atoms with Gasteiger partial charge in [0.1, 0.15) is 11.8 Å². The third kappa shape index (κ3) is 4.60. The van der Waals surface area contributed by atoms with Crippen molar-refractivity contribution in [1.29, 1.82) is 5.26 Å². The van der Waals surface area contributed by atoms with Gasteiger partial charge in [0, 0.05) is 6.20 Å². The summed E-state index contributed by atoms with van der Waals surface area (Å²) in [4.78, 5) is 12.1. The SMILES string of the molecule is N#Cc1ccccn1.O=CO. The number of hydrogen-bond donors (Lipinski definition) is 1. The van der Waals surface area contributed by atoms with Crippen molar-refractivity contribution < 1.29 is 9.90 Å². The predicted molar refractivity (Wildman–Crippen MR) is 37.6 cm³/mol. The minimum Gasteiger partial charge on any atom is -0.483 e. The number of nitrogens with zero attached hydrogens (tertiary/aromatic N) is 2. The highest BCUT2D eigenvalue weighted by Crippen LogP contribution is 1.86. The van der Waals surface area contributed by atoms with Crippen molar-refractivity contribution in [2.75, 3.05) is 0 Å². The summed E-state index contributed by atoms with van der Waals surface area (Å²) in [5, 5.41) is 15.1. The van der Waals surface area contributed by atoms with Crippen molar-refractivity contribution in [2.24, 2.45) is 0 Å². The molecular formula is C7H6N2O2. The first kappa shape index (κ1) is 9.11. The average Bonchev–Trinajstić information content (AvgIpc) is 2.08. The molecule has 0 saturated heterocycles. The highest BCUT2D eigenvalue weighted by Gasteiger charge is 1.81.